The van der Waals surface area contributed by atoms with E-state index >= 15 is 0 Å². The van der Waals surface area contributed by atoms with Gasteiger partial charge in [-0.2, -0.15) is 0 Å². The van der Waals surface area contributed by atoms with Crippen molar-refractivity contribution in [2.45, 2.75) is 20.3 Å². The predicted molar refractivity (Wildman–Crippen MR) is 87.6 cm³/mol. The van der Waals surface area contributed by atoms with E-state index in [1.54, 1.807) is 14.1 Å². The molecule has 108 valence electrons. The van der Waals surface area contributed by atoms with Gasteiger partial charge in [0.1, 0.15) is 0 Å². The van der Waals surface area contributed by atoms with Crippen LogP contribution < -0.4 is 0 Å². The van der Waals surface area contributed by atoms with E-state index < -0.39 is 0 Å². The number of hydrogen-bond donors (Lipinski definition) is 0. The van der Waals surface area contributed by atoms with E-state index in [9.17, 15) is 0 Å². The quantitative estimate of drug-likeness (QED) is 0.808. The Morgan fingerprint density at radius 2 is 1.67 bits per heavy atom. The van der Waals surface area contributed by atoms with Crippen LogP contribution in [0.2, 0.25) is 0 Å². The van der Waals surface area contributed by atoms with Gasteiger partial charge in [0.25, 0.3) is 0 Å². The fourth-order valence-electron chi connectivity index (χ4n) is 1.96. The standard InChI is InChI=1S/C17H20N4/c1-12(18-3)16-9-8-14(11-20-16)10-15-6-5-7-17(21-15)13(2)19-4/h5-9,11H,10H2,1-4H3/b18-12+,19-13+. The summed E-state index contributed by atoms with van der Waals surface area (Å²) in [5, 5.41) is 0. The lowest BCUT2D eigenvalue weighted by atomic mass is 10.1. The van der Waals surface area contributed by atoms with Crippen molar-refractivity contribution in [2.24, 2.45) is 9.98 Å². The lowest BCUT2D eigenvalue weighted by Crippen LogP contribution is -2.03. The highest BCUT2D eigenvalue weighted by molar-refractivity contribution is 5.97. The van der Waals surface area contributed by atoms with Gasteiger partial charge in [0.05, 0.1) is 22.8 Å². The molecule has 0 aliphatic rings. The van der Waals surface area contributed by atoms with Crippen LogP contribution in [0.4, 0.5) is 0 Å². The van der Waals surface area contributed by atoms with Crippen LogP contribution in [0.1, 0.15) is 36.5 Å². The summed E-state index contributed by atoms with van der Waals surface area (Å²) >= 11 is 0. The highest BCUT2D eigenvalue weighted by Gasteiger charge is 2.03. The zero-order valence-corrected chi connectivity index (χ0v) is 13.0. The molecule has 0 aliphatic heterocycles. The number of rotatable bonds is 4. The Labute approximate surface area is 125 Å². The first-order valence-corrected chi connectivity index (χ1v) is 6.92. The third-order valence-corrected chi connectivity index (χ3v) is 3.43. The van der Waals surface area contributed by atoms with Gasteiger partial charge in [-0.05, 0) is 37.6 Å². The van der Waals surface area contributed by atoms with Crippen molar-refractivity contribution in [3.63, 3.8) is 0 Å². The van der Waals surface area contributed by atoms with Gasteiger partial charge in [-0.25, -0.2) is 0 Å². The first-order valence-electron chi connectivity index (χ1n) is 6.92. The number of pyridine rings is 2. The van der Waals surface area contributed by atoms with E-state index in [-0.39, 0.29) is 0 Å². The molecule has 0 aromatic carbocycles. The van der Waals surface area contributed by atoms with Crippen LogP contribution in [0.15, 0.2) is 46.5 Å². The highest BCUT2D eigenvalue weighted by atomic mass is 14.8. The molecule has 4 heteroatoms. The minimum Gasteiger partial charge on any atom is -0.291 e. The van der Waals surface area contributed by atoms with Crippen LogP contribution in [0.3, 0.4) is 0 Å². The number of aromatic nitrogens is 2. The molecular formula is C17H20N4. The molecule has 2 heterocycles. The Hall–Kier alpha value is -2.36. The van der Waals surface area contributed by atoms with Gasteiger partial charge in [0, 0.05) is 32.4 Å². The monoisotopic (exact) mass is 280 g/mol. The van der Waals surface area contributed by atoms with Gasteiger partial charge in [-0.15, -0.1) is 0 Å². The van der Waals surface area contributed by atoms with Crippen LogP contribution in [-0.4, -0.2) is 35.5 Å². The molecule has 0 unspecified atom stereocenters. The van der Waals surface area contributed by atoms with E-state index in [0.717, 1.165) is 40.5 Å². The van der Waals surface area contributed by atoms with Gasteiger partial charge >= 0.3 is 0 Å². The average Bonchev–Trinajstić information content (AvgIpc) is 2.54. The number of aliphatic imine (C=N–C) groups is 2. The molecule has 0 spiro atoms. The summed E-state index contributed by atoms with van der Waals surface area (Å²) in [6.07, 6.45) is 2.65. The van der Waals surface area contributed by atoms with Crippen molar-refractivity contribution in [2.75, 3.05) is 14.1 Å². The molecule has 0 saturated heterocycles. The van der Waals surface area contributed by atoms with Crippen molar-refractivity contribution in [3.8, 4) is 0 Å². The zero-order valence-electron chi connectivity index (χ0n) is 13.0. The highest BCUT2D eigenvalue weighted by Crippen LogP contribution is 2.09. The molecule has 0 N–H and O–H groups in total. The molecule has 0 amide bonds. The van der Waals surface area contributed by atoms with E-state index in [1.165, 1.54) is 0 Å². The molecule has 2 aromatic heterocycles. The van der Waals surface area contributed by atoms with Crippen molar-refractivity contribution >= 4 is 11.4 Å². The molecular weight excluding hydrogens is 260 g/mol. The molecule has 0 radical (unpaired) electrons. The molecule has 0 atom stereocenters. The molecule has 0 bridgehead atoms. The Morgan fingerprint density at radius 1 is 0.952 bits per heavy atom. The summed E-state index contributed by atoms with van der Waals surface area (Å²) in [6.45, 7) is 3.93. The fraction of sp³-hybridized carbons (Fsp3) is 0.294. The second kappa shape index (κ2) is 6.88. The molecule has 0 fully saturated rings. The average molecular weight is 280 g/mol. The molecule has 4 nitrogen and oxygen atoms in total. The topological polar surface area (TPSA) is 50.5 Å². The smallest absolute Gasteiger partial charge is 0.0840 e. The lowest BCUT2D eigenvalue weighted by Gasteiger charge is -2.05. The fourth-order valence-corrected chi connectivity index (χ4v) is 1.96. The van der Waals surface area contributed by atoms with Crippen LogP contribution in [0, 0.1) is 0 Å². The summed E-state index contributed by atoms with van der Waals surface area (Å²) in [5.41, 5.74) is 5.88. The first kappa shape index (κ1) is 15.0. The third kappa shape index (κ3) is 3.81. The minimum atomic E-state index is 0.764. The van der Waals surface area contributed by atoms with Crippen LogP contribution in [0.25, 0.3) is 0 Å². The number of nitrogens with zero attached hydrogens (tertiary/aromatic N) is 4. The summed E-state index contributed by atoms with van der Waals surface area (Å²) < 4.78 is 0. The van der Waals surface area contributed by atoms with Crippen LogP contribution in [-0.2, 0) is 6.42 Å². The largest absolute Gasteiger partial charge is 0.291 e. The molecule has 0 saturated carbocycles. The summed E-state index contributed by atoms with van der Waals surface area (Å²) in [5.74, 6) is 0. The first-order chi connectivity index (χ1) is 10.1. The second-order valence-corrected chi connectivity index (χ2v) is 4.86. The normalized spacial score (nSPS) is 12.6. The van der Waals surface area contributed by atoms with Crippen LogP contribution in [0.5, 0.6) is 0 Å². The molecule has 2 aromatic rings. The van der Waals surface area contributed by atoms with Gasteiger partial charge in [0.15, 0.2) is 0 Å². The van der Waals surface area contributed by atoms with Crippen molar-refractivity contribution in [3.05, 3.63) is 59.2 Å². The Kier molecular flexibility index (Phi) is 4.93. The SMILES string of the molecule is C/N=C(\C)c1ccc(Cc2cccc(/C(C)=N/C)n2)cn1. The maximum atomic E-state index is 4.63. The third-order valence-electron chi connectivity index (χ3n) is 3.43. The van der Waals surface area contributed by atoms with Crippen molar-refractivity contribution in [1.82, 2.24) is 9.97 Å². The predicted octanol–water partition coefficient (Wildman–Crippen LogP) is 2.95. The Morgan fingerprint density at radius 3 is 2.29 bits per heavy atom. The second-order valence-electron chi connectivity index (χ2n) is 4.86. The molecule has 2 rings (SSSR count). The maximum Gasteiger partial charge on any atom is 0.0840 e. The molecule has 0 aliphatic carbocycles. The van der Waals surface area contributed by atoms with Gasteiger partial charge in [-0.3, -0.25) is 20.0 Å². The number of hydrogen-bond acceptors (Lipinski definition) is 4. The summed E-state index contributed by atoms with van der Waals surface area (Å²) in [4.78, 5) is 17.4. The van der Waals surface area contributed by atoms with E-state index in [2.05, 4.69) is 26.0 Å². The van der Waals surface area contributed by atoms with E-state index in [0.29, 0.717) is 0 Å². The van der Waals surface area contributed by atoms with E-state index in [1.807, 2.05) is 44.3 Å². The Bertz CT molecular complexity index is 669. The summed E-state index contributed by atoms with van der Waals surface area (Å²) in [7, 11) is 3.56. The Balaban J connectivity index is 2.19. The molecule has 21 heavy (non-hydrogen) atoms. The van der Waals surface area contributed by atoms with Gasteiger partial charge in [-0.1, -0.05) is 12.1 Å². The summed E-state index contributed by atoms with van der Waals surface area (Å²) in [6, 6.07) is 10.1. The van der Waals surface area contributed by atoms with Gasteiger partial charge < -0.3 is 0 Å². The zero-order chi connectivity index (χ0) is 15.2. The van der Waals surface area contributed by atoms with Crippen molar-refractivity contribution < 1.29 is 0 Å². The minimum absolute atomic E-state index is 0.764. The van der Waals surface area contributed by atoms with Crippen molar-refractivity contribution in [1.29, 1.82) is 0 Å². The lowest BCUT2D eigenvalue weighted by molar-refractivity contribution is 1.04. The maximum absolute atomic E-state index is 4.63. The van der Waals surface area contributed by atoms with Gasteiger partial charge in [0.2, 0.25) is 0 Å². The van der Waals surface area contributed by atoms with E-state index in [4.69, 9.17) is 0 Å². The van der Waals surface area contributed by atoms with Crippen LogP contribution >= 0.6 is 0 Å².